The molecule has 0 aromatic carbocycles. The molecule has 0 bridgehead atoms. The number of ether oxygens (including phenoxy) is 1. The highest BCUT2D eigenvalue weighted by atomic mass is 32.1. The van der Waals surface area contributed by atoms with E-state index in [1.54, 1.807) is 11.3 Å². The lowest BCUT2D eigenvalue weighted by Crippen LogP contribution is -2.41. The van der Waals surface area contributed by atoms with Gasteiger partial charge >= 0.3 is 7.12 Å². The molecule has 0 atom stereocenters. The quantitative estimate of drug-likeness (QED) is 0.785. The lowest BCUT2D eigenvalue weighted by atomic mass is 9.88. The molecule has 2 aliphatic heterocycles. The van der Waals surface area contributed by atoms with Crippen LogP contribution in [0.25, 0.3) is 5.57 Å². The van der Waals surface area contributed by atoms with E-state index in [-0.39, 0.29) is 18.3 Å². The summed E-state index contributed by atoms with van der Waals surface area (Å²) in [6, 6.07) is 4.29. The van der Waals surface area contributed by atoms with E-state index in [2.05, 4.69) is 45.9 Å². The van der Waals surface area contributed by atoms with E-state index >= 15 is 0 Å². The van der Waals surface area contributed by atoms with Crippen LogP contribution in [0.1, 0.15) is 39.0 Å². The zero-order chi connectivity index (χ0) is 14.4. The molecule has 0 radical (unpaired) electrons. The van der Waals surface area contributed by atoms with Crippen LogP contribution >= 0.6 is 11.3 Å². The molecule has 1 saturated heterocycles. The largest absolute Gasteiger partial charge is 0.505 e. The van der Waals surface area contributed by atoms with Crippen LogP contribution in [-0.2, 0) is 14.0 Å². The second kappa shape index (κ2) is 4.99. The molecule has 5 heteroatoms. The molecule has 0 spiro atoms. The summed E-state index contributed by atoms with van der Waals surface area (Å²) >= 11 is 1.76. The van der Waals surface area contributed by atoms with Crippen molar-refractivity contribution in [3.05, 3.63) is 23.1 Å². The van der Waals surface area contributed by atoms with E-state index in [9.17, 15) is 0 Å². The predicted octanol–water partition coefficient (Wildman–Crippen LogP) is 2.85. The molecule has 1 aromatic rings. The van der Waals surface area contributed by atoms with Gasteiger partial charge in [-0.1, -0.05) is 12.1 Å². The predicted molar refractivity (Wildman–Crippen MR) is 83.4 cm³/mol. The summed E-state index contributed by atoms with van der Waals surface area (Å²) in [5, 5.41) is 0. The van der Waals surface area contributed by atoms with Gasteiger partial charge in [-0.15, -0.1) is 11.3 Å². The van der Waals surface area contributed by atoms with Crippen LogP contribution < -0.4 is 4.78 Å². The molecule has 0 unspecified atom stereocenters. The van der Waals surface area contributed by atoms with Gasteiger partial charge in [-0.2, -0.15) is 0 Å². The van der Waals surface area contributed by atoms with Crippen molar-refractivity contribution >= 4 is 28.8 Å². The van der Waals surface area contributed by atoms with Gasteiger partial charge in [0.1, 0.15) is 0 Å². The molecule has 0 N–H and O–H groups in total. The molecule has 0 amide bonds. The molecule has 1 fully saturated rings. The Morgan fingerprint density at radius 1 is 1.10 bits per heavy atom. The Balaban J connectivity index is 1.80. The highest BCUT2D eigenvalue weighted by Crippen LogP contribution is 2.37. The Hall–Kier alpha value is -0.615. The minimum atomic E-state index is -0.278. The van der Waals surface area contributed by atoms with Crippen molar-refractivity contribution in [3.63, 3.8) is 0 Å². The maximum absolute atomic E-state index is 6.09. The number of hydrogen-bond acceptors (Lipinski definition) is 4. The minimum Gasteiger partial charge on any atom is -0.399 e. The van der Waals surface area contributed by atoms with E-state index in [0.29, 0.717) is 0 Å². The smallest absolute Gasteiger partial charge is 0.399 e. The first-order chi connectivity index (χ1) is 9.39. The van der Waals surface area contributed by atoms with Gasteiger partial charge in [-0.3, -0.25) is 0 Å². The fourth-order valence-corrected chi connectivity index (χ4v) is 3.40. The Bertz CT molecular complexity index is 517. The Labute approximate surface area is 125 Å². The first kappa shape index (κ1) is 14.3. The van der Waals surface area contributed by atoms with Crippen molar-refractivity contribution in [3.8, 4) is 0 Å². The third kappa shape index (κ3) is 2.48. The molecule has 3 heterocycles. The summed E-state index contributed by atoms with van der Waals surface area (Å²) in [6.45, 7) is 9.88. The van der Waals surface area contributed by atoms with Crippen LogP contribution in [0.4, 0.5) is 0 Å². The summed E-state index contributed by atoms with van der Waals surface area (Å²) in [5.41, 5.74) is 0.823. The molecule has 20 heavy (non-hydrogen) atoms. The van der Waals surface area contributed by atoms with Crippen molar-refractivity contribution in [2.75, 3.05) is 13.2 Å². The summed E-state index contributed by atoms with van der Waals surface area (Å²) in [4.78, 5) is 1.30. The first-order valence-corrected chi connectivity index (χ1v) is 7.93. The van der Waals surface area contributed by atoms with Crippen molar-refractivity contribution in [1.29, 1.82) is 0 Å². The maximum atomic E-state index is 6.09. The molecule has 1 aromatic heterocycles. The fourth-order valence-electron chi connectivity index (χ4n) is 2.36. The Morgan fingerprint density at radius 2 is 1.80 bits per heavy atom. The average molecular weight is 292 g/mol. The minimum absolute atomic E-state index is 0.251. The number of rotatable bonds is 2. The van der Waals surface area contributed by atoms with E-state index in [1.165, 1.54) is 10.5 Å². The topological polar surface area (TPSA) is 27.7 Å². The zero-order valence-electron chi connectivity index (χ0n) is 12.6. The van der Waals surface area contributed by atoms with E-state index < -0.39 is 0 Å². The summed E-state index contributed by atoms with van der Waals surface area (Å²) in [7, 11) is -0.251. The molecule has 3 nitrogen and oxygen atoms in total. The van der Waals surface area contributed by atoms with Gasteiger partial charge in [0.05, 0.1) is 24.4 Å². The Kier molecular flexibility index (Phi) is 3.57. The van der Waals surface area contributed by atoms with Crippen LogP contribution in [0.15, 0.2) is 18.2 Å². The lowest BCUT2D eigenvalue weighted by Gasteiger charge is -2.32. The number of thiophene rings is 1. The van der Waals surface area contributed by atoms with Crippen LogP contribution in [0.2, 0.25) is 0 Å². The summed E-state index contributed by atoms with van der Waals surface area (Å²) in [5.74, 6) is 0. The maximum Gasteiger partial charge on any atom is 0.505 e. The van der Waals surface area contributed by atoms with Gasteiger partial charge in [0.2, 0.25) is 0 Å². The second-order valence-corrected chi connectivity index (χ2v) is 7.46. The van der Waals surface area contributed by atoms with Crippen molar-refractivity contribution in [2.24, 2.45) is 0 Å². The van der Waals surface area contributed by atoms with Crippen molar-refractivity contribution in [1.82, 2.24) is 0 Å². The Morgan fingerprint density at radius 3 is 2.40 bits per heavy atom. The molecular weight excluding hydrogens is 271 g/mol. The van der Waals surface area contributed by atoms with Crippen LogP contribution in [-0.4, -0.2) is 31.5 Å². The normalized spacial score (nSPS) is 24.8. The standard InChI is InChI=1S/C15H21BO3S/c1-14(2)15(3,4)19-16(18-14)13-6-5-12(20-13)11-7-9-17-10-8-11/h5-7H,8-10H2,1-4H3. The highest BCUT2D eigenvalue weighted by molar-refractivity contribution is 7.23. The van der Waals surface area contributed by atoms with Crippen molar-refractivity contribution in [2.45, 2.75) is 45.3 Å². The first-order valence-electron chi connectivity index (χ1n) is 7.12. The highest BCUT2D eigenvalue weighted by Gasteiger charge is 2.52. The van der Waals surface area contributed by atoms with Crippen LogP contribution in [0.5, 0.6) is 0 Å². The zero-order valence-corrected chi connectivity index (χ0v) is 13.4. The third-order valence-corrected chi connectivity index (χ3v) is 5.57. The summed E-state index contributed by atoms with van der Waals surface area (Å²) in [6.07, 6.45) is 3.16. The third-order valence-electron chi connectivity index (χ3n) is 4.39. The van der Waals surface area contributed by atoms with Gasteiger partial charge in [0.25, 0.3) is 0 Å². The van der Waals surface area contributed by atoms with Gasteiger partial charge < -0.3 is 14.0 Å². The monoisotopic (exact) mass is 292 g/mol. The molecular formula is C15H21BO3S. The van der Waals surface area contributed by atoms with Gasteiger partial charge in [-0.05, 0) is 45.8 Å². The van der Waals surface area contributed by atoms with E-state index in [0.717, 1.165) is 24.4 Å². The van der Waals surface area contributed by atoms with Crippen molar-refractivity contribution < 1.29 is 14.0 Å². The van der Waals surface area contributed by atoms with E-state index in [4.69, 9.17) is 14.0 Å². The number of hydrogen-bond donors (Lipinski definition) is 0. The second-order valence-electron chi connectivity index (χ2n) is 6.34. The molecule has 2 aliphatic rings. The van der Waals surface area contributed by atoms with Gasteiger partial charge in [0, 0.05) is 9.65 Å². The van der Waals surface area contributed by atoms with Crippen LogP contribution in [0, 0.1) is 0 Å². The van der Waals surface area contributed by atoms with Gasteiger partial charge in [-0.25, -0.2) is 0 Å². The molecule has 108 valence electrons. The van der Waals surface area contributed by atoms with Gasteiger partial charge in [0.15, 0.2) is 0 Å². The van der Waals surface area contributed by atoms with Crippen LogP contribution in [0.3, 0.4) is 0 Å². The molecule has 0 aliphatic carbocycles. The van der Waals surface area contributed by atoms with E-state index in [1.807, 2.05) is 0 Å². The average Bonchev–Trinajstić information content (AvgIpc) is 2.94. The SMILES string of the molecule is CC1(C)OB(c2ccc(C3=CCOCC3)s2)OC1(C)C. The lowest BCUT2D eigenvalue weighted by molar-refractivity contribution is 0.00578. The fraction of sp³-hybridized carbons (Fsp3) is 0.600. The molecule has 3 rings (SSSR count). The summed E-state index contributed by atoms with van der Waals surface area (Å²) < 4.78 is 18.7. The molecule has 0 saturated carbocycles.